The second-order valence-electron chi connectivity index (χ2n) is 5.01. The van der Waals surface area contributed by atoms with E-state index in [2.05, 4.69) is 17.6 Å². The number of nitriles is 1. The first-order chi connectivity index (χ1) is 7.56. The van der Waals surface area contributed by atoms with Crippen LogP contribution in [0, 0.1) is 37.0 Å². The van der Waals surface area contributed by atoms with E-state index in [-0.39, 0.29) is 0 Å². The monoisotopic (exact) mass is 217 g/mol. The lowest BCUT2D eigenvalue weighted by Crippen LogP contribution is -2.13. The van der Waals surface area contributed by atoms with Gasteiger partial charge in [0.05, 0.1) is 5.56 Å². The van der Waals surface area contributed by atoms with Crippen LogP contribution >= 0.6 is 0 Å². The second kappa shape index (κ2) is 3.86. The summed E-state index contributed by atoms with van der Waals surface area (Å²) in [4.78, 5) is 0. The van der Waals surface area contributed by atoms with Crippen molar-refractivity contribution in [3.8, 4) is 6.07 Å². The fourth-order valence-corrected chi connectivity index (χ4v) is 2.37. The molecule has 1 aliphatic rings. The van der Waals surface area contributed by atoms with Crippen LogP contribution in [0.25, 0.3) is 0 Å². The second-order valence-corrected chi connectivity index (χ2v) is 5.01. The molecule has 0 amide bonds. The summed E-state index contributed by atoms with van der Waals surface area (Å²) in [7, 11) is 0. The van der Waals surface area contributed by atoms with Crippen molar-refractivity contribution in [2.24, 2.45) is 11.8 Å². The summed E-state index contributed by atoms with van der Waals surface area (Å²) >= 11 is 0. The highest BCUT2D eigenvalue weighted by Crippen LogP contribution is 2.38. The van der Waals surface area contributed by atoms with Gasteiger partial charge < -0.3 is 10.3 Å². The molecule has 3 nitrogen and oxygen atoms in total. The highest BCUT2D eigenvalue weighted by Gasteiger charge is 2.29. The Morgan fingerprint density at radius 1 is 1.50 bits per heavy atom. The first-order valence-electron chi connectivity index (χ1n) is 5.91. The van der Waals surface area contributed by atoms with Gasteiger partial charge >= 0.3 is 0 Å². The highest BCUT2D eigenvalue weighted by molar-refractivity contribution is 5.57. The van der Waals surface area contributed by atoms with Crippen molar-refractivity contribution in [2.45, 2.75) is 40.2 Å². The molecule has 3 heteroatoms. The van der Waals surface area contributed by atoms with Crippen LogP contribution in [-0.4, -0.2) is 4.57 Å². The molecular formula is C13H19N3. The Morgan fingerprint density at radius 2 is 2.12 bits per heavy atom. The molecule has 0 aliphatic heterocycles. The van der Waals surface area contributed by atoms with Gasteiger partial charge in [-0.05, 0) is 44.1 Å². The molecule has 16 heavy (non-hydrogen) atoms. The topological polar surface area (TPSA) is 54.7 Å². The normalized spacial score (nSPS) is 17.1. The number of anilines is 1. The lowest BCUT2D eigenvalue weighted by molar-refractivity contribution is 0.429. The number of hydrogen-bond donors (Lipinski definition) is 1. The zero-order valence-corrected chi connectivity index (χ0v) is 10.2. The standard InChI is InChI=1S/C13H19N3/c1-8(11-4-5-11)7-16-10(3)9(2)12(6-14)13(16)15/h8,11H,4-5,7,15H2,1-3H3. The van der Waals surface area contributed by atoms with Gasteiger partial charge in [-0.2, -0.15) is 5.26 Å². The highest BCUT2D eigenvalue weighted by atomic mass is 15.1. The van der Waals surface area contributed by atoms with E-state index in [9.17, 15) is 0 Å². The molecule has 1 unspecified atom stereocenters. The molecule has 0 saturated heterocycles. The molecule has 1 atom stereocenters. The number of aromatic nitrogens is 1. The van der Waals surface area contributed by atoms with E-state index < -0.39 is 0 Å². The zero-order valence-electron chi connectivity index (χ0n) is 10.2. The number of hydrogen-bond acceptors (Lipinski definition) is 2. The average Bonchev–Trinajstić information content (AvgIpc) is 3.05. The van der Waals surface area contributed by atoms with Crippen molar-refractivity contribution in [2.75, 3.05) is 5.73 Å². The molecule has 86 valence electrons. The van der Waals surface area contributed by atoms with Gasteiger partial charge in [-0.25, -0.2) is 0 Å². The van der Waals surface area contributed by atoms with Crippen LogP contribution in [0.3, 0.4) is 0 Å². The predicted octanol–water partition coefficient (Wildman–Crippen LogP) is 2.60. The van der Waals surface area contributed by atoms with Crippen molar-refractivity contribution in [3.63, 3.8) is 0 Å². The lowest BCUT2D eigenvalue weighted by Gasteiger charge is -2.14. The first-order valence-corrected chi connectivity index (χ1v) is 5.91. The van der Waals surface area contributed by atoms with Crippen LogP contribution in [0.1, 0.15) is 36.6 Å². The molecule has 1 heterocycles. The molecule has 2 rings (SSSR count). The Balaban J connectivity index is 2.30. The molecule has 0 aromatic carbocycles. The molecule has 0 spiro atoms. The van der Waals surface area contributed by atoms with Gasteiger partial charge in [0, 0.05) is 12.2 Å². The number of rotatable bonds is 3. The van der Waals surface area contributed by atoms with Gasteiger partial charge in [0.1, 0.15) is 11.9 Å². The van der Waals surface area contributed by atoms with E-state index in [1.165, 1.54) is 12.8 Å². The van der Waals surface area contributed by atoms with E-state index >= 15 is 0 Å². The minimum Gasteiger partial charge on any atom is -0.384 e. The van der Waals surface area contributed by atoms with E-state index in [0.717, 1.165) is 23.7 Å². The van der Waals surface area contributed by atoms with E-state index in [0.29, 0.717) is 17.3 Å². The Hall–Kier alpha value is -1.43. The Bertz CT molecular complexity index is 447. The summed E-state index contributed by atoms with van der Waals surface area (Å²) in [6.45, 7) is 7.25. The van der Waals surface area contributed by atoms with Gasteiger partial charge in [-0.15, -0.1) is 0 Å². The minimum atomic E-state index is 0.644. The van der Waals surface area contributed by atoms with Crippen molar-refractivity contribution in [1.82, 2.24) is 4.57 Å². The Labute approximate surface area is 96.9 Å². The molecular weight excluding hydrogens is 198 g/mol. The number of nitrogen functional groups attached to an aromatic ring is 1. The van der Waals surface area contributed by atoms with Crippen molar-refractivity contribution >= 4 is 5.82 Å². The summed E-state index contributed by atoms with van der Waals surface area (Å²) in [5.41, 5.74) is 8.85. The molecule has 1 fully saturated rings. The third-order valence-electron chi connectivity index (χ3n) is 3.88. The Morgan fingerprint density at radius 3 is 2.56 bits per heavy atom. The maximum Gasteiger partial charge on any atom is 0.122 e. The van der Waals surface area contributed by atoms with Gasteiger partial charge in [0.2, 0.25) is 0 Å². The molecule has 1 aromatic rings. The summed E-state index contributed by atoms with van der Waals surface area (Å²) in [5, 5.41) is 9.05. The number of nitrogens with two attached hydrogens (primary N) is 1. The van der Waals surface area contributed by atoms with Crippen LogP contribution in [0.15, 0.2) is 0 Å². The van der Waals surface area contributed by atoms with Gasteiger partial charge in [0.15, 0.2) is 0 Å². The van der Waals surface area contributed by atoms with Gasteiger partial charge in [-0.3, -0.25) is 0 Å². The third-order valence-corrected chi connectivity index (χ3v) is 3.88. The quantitative estimate of drug-likeness (QED) is 0.846. The van der Waals surface area contributed by atoms with Crippen LogP contribution in [0.2, 0.25) is 0 Å². The zero-order chi connectivity index (χ0) is 11.9. The van der Waals surface area contributed by atoms with Crippen LogP contribution < -0.4 is 5.73 Å². The largest absolute Gasteiger partial charge is 0.384 e. The smallest absolute Gasteiger partial charge is 0.122 e. The molecule has 1 saturated carbocycles. The number of nitrogens with zero attached hydrogens (tertiary/aromatic N) is 2. The fraction of sp³-hybridized carbons (Fsp3) is 0.615. The van der Waals surface area contributed by atoms with Crippen LogP contribution in [0.5, 0.6) is 0 Å². The van der Waals surface area contributed by atoms with Gasteiger partial charge in [0.25, 0.3) is 0 Å². The Kier molecular flexibility index (Phi) is 2.67. The van der Waals surface area contributed by atoms with Crippen LogP contribution in [-0.2, 0) is 6.54 Å². The summed E-state index contributed by atoms with van der Waals surface area (Å²) in [6.07, 6.45) is 2.71. The molecule has 0 bridgehead atoms. The minimum absolute atomic E-state index is 0.644. The van der Waals surface area contributed by atoms with E-state index in [1.54, 1.807) is 0 Å². The van der Waals surface area contributed by atoms with Crippen LogP contribution in [0.4, 0.5) is 5.82 Å². The van der Waals surface area contributed by atoms with E-state index in [1.807, 2.05) is 13.8 Å². The van der Waals surface area contributed by atoms with Gasteiger partial charge in [-0.1, -0.05) is 6.92 Å². The maximum absolute atomic E-state index is 9.05. The summed E-state index contributed by atoms with van der Waals surface area (Å²) in [6, 6.07) is 2.20. The summed E-state index contributed by atoms with van der Waals surface area (Å²) in [5.74, 6) is 2.18. The first kappa shape index (κ1) is 11.1. The van der Waals surface area contributed by atoms with Crippen molar-refractivity contribution in [1.29, 1.82) is 5.26 Å². The predicted molar refractivity (Wildman–Crippen MR) is 64.9 cm³/mol. The third kappa shape index (κ3) is 1.69. The summed E-state index contributed by atoms with van der Waals surface area (Å²) < 4.78 is 2.11. The maximum atomic E-state index is 9.05. The van der Waals surface area contributed by atoms with E-state index in [4.69, 9.17) is 11.0 Å². The SMILES string of the molecule is Cc1c(C#N)c(N)n(CC(C)C2CC2)c1C. The van der Waals surface area contributed by atoms with Crippen molar-refractivity contribution < 1.29 is 0 Å². The molecule has 0 radical (unpaired) electrons. The average molecular weight is 217 g/mol. The molecule has 2 N–H and O–H groups in total. The molecule has 1 aromatic heterocycles. The fourth-order valence-electron chi connectivity index (χ4n) is 2.37. The van der Waals surface area contributed by atoms with Crippen molar-refractivity contribution in [3.05, 3.63) is 16.8 Å². The molecule has 1 aliphatic carbocycles. The lowest BCUT2D eigenvalue weighted by atomic mass is 10.1.